The van der Waals surface area contributed by atoms with E-state index < -0.39 is 0 Å². The van der Waals surface area contributed by atoms with E-state index in [-0.39, 0.29) is 4.09 Å². The van der Waals surface area contributed by atoms with Crippen LogP contribution in [0.5, 0.6) is 0 Å². The van der Waals surface area contributed by atoms with Gasteiger partial charge in [0.05, 0.1) is 0 Å². The standard InChI is InChI=1S/C28H24.2Li/c1-5-13-23(14-6-1)27(24-15-7-2-8-16-24)21-22-28(25-17-9-3-10-18-25)26-19-11-4-12-20-26;;/h1-21,27H,22H2;;. The van der Waals surface area contributed by atoms with Crippen molar-refractivity contribution < 1.29 is 0 Å². The second-order valence-electron chi connectivity index (χ2n) is 8.54. The van der Waals surface area contributed by atoms with Crippen LogP contribution in [0.4, 0.5) is 0 Å². The summed E-state index contributed by atoms with van der Waals surface area (Å²) in [6.07, 6.45) is 1.06. The Bertz CT molecular complexity index is 952. The fourth-order valence-electron chi connectivity index (χ4n) is 4.95. The molecule has 0 radical (unpaired) electrons. The molecule has 0 aromatic heterocycles. The molecular weight excluding hydrogens is 350 g/mol. The monoisotopic (exact) mass is 374 g/mol. The molecule has 0 nitrogen and oxygen atoms in total. The van der Waals surface area contributed by atoms with Crippen LogP contribution >= 0.6 is 0 Å². The van der Waals surface area contributed by atoms with E-state index in [9.17, 15) is 0 Å². The maximum atomic E-state index is 2.41. The summed E-state index contributed by atoms with van der Waals surface area (Å²) in [5.74, 6) is 0.360. The molecule has 0 aliphatic heterocycles. The molecule has 1 unspecified atom stereocenters. The number of hydrogen-bond acceptors (Lipinski definition) is 0. The number of hydrogen-bond donors (Lipinski definition) is 0. The molecule has 0 fully saturated rings. The quantitative estimate of drug-likeness (QED) is 0.334. The Hall–Kier alpha value is -1.93. The molecule has 0 spiro atoms. The van der Waals surface area contributed by atoms with Gasteiger partial charge >= 0.3 is 200 Å². The van der Waals surface area contributed by atoms with Gasteiger partial charge in [0.25, 0.3) is 0 Å². The van der Waals surface area contributed by atoms with Gasteiger partial charge in [-0.05, 0) is 0 Å². The third-order valence-corrected chi connectivity index (χ3v) is 6.44. The van der Waals surface area contributed by atoms with Crippen molar-refractivity contribution in [2.75, 3.05) is 0 Å². The molecule has 30 heavy (non-hydrogen) atoms. The van der Waals surface area contributed by atoms with Crippen LogP contribution in [-0.2, 0) is 4.09 Å². The second kappa shape index (κ2) is 9.92. The molecular formula is C28H24Li2. The molecule has 0 aliphatic carbocycles. The maximum absolute atomic E-state index is 2.41. The van der Waals surface area contributed by atoms with Crippen molar-refractivity contribution in [3.05, 3.63) is 144 Å². The average molecular weight is 374 g/mol. The van der Waals surface area contributed by atoms with Gasteiger partial charge in [-0.15, -0.1) is 0 Å². The molecule has 0 heterocycles. The summed E-state index contributed by atoms with van der Waals surface area (Å²) in [5, 5.41) is 0. The Kier molecular flexibility index (Phi) is 7.05. The first-order valence-corrected chi connectivity index (χ1v) is 10.9. The van der Waals surface area contributed by atoms with E-state index in [0.29, 0.717) is 10.5 Å². The van der Waals surface area contributed by atoms with E-state index >= 15 is 0 Å². The Morgan fingerprint density at radius 2 is 0.867 bits per heavy atom. The van der Waals surface area contributed by atoms with E-state index in [1.165, 1.54) is 22.3 Å². The molecule has 4 aromatic rings. The van der Waals surface area contributed by atoms with Crippen LogP contribution in [0.25, 0.3) is 0 Å². The molecule has 0 bridgehead atoms. The molecule has 0 amide bonds. The molecule has 4 aromatic carbocycles. The fraction of sp³-hybridized carbons (Fsp3) is 0.143. The van der Waals surface area contributed by atoms with E-state index in [2.05, 4.69) is 157 Å². The number of benzene rings is 4. The minimum atomic E-state index is -0.0518. The third-order valence-electron chi connectivity index (χ3n) is 6.44. The average Bonchev–Trinajstić information content (AvgIpc) is 2.82. The molecule has 0 N–H and O–H groups in total. The summed E-state index contributed by atoms with van der Waals surface area (Å²) in [7, 11) is 0. The minimum absolute atomic E-state index is 0.0518. The third kappa shape index (κ3) is 4.70. The van der Waals surface area contributed by atoms with Crippen LogP contribution in [0.3, 0.4) is 0 Å². The Morgan fingerprint density at radius 3 is 1.23 bits per heavy atom. The molecule has 138 valence electrons. The normalized spacial score (nSPS) is 12.7. The van der Waals surface area contributed by atoms with Crippen molar-refractivity contribution in [2.24, 2.45) is 0 Å². The summed E-state index contributed by atoms with van der Waals surface area (Å²) in [4.78, 5) is 0. The molecule has 1 atom stereocenters. The van der Waals surface area contributed by atoms with Crippen molar-refractivity contribution in [3.63, 3.8) is 0 Å². The van der Waals surface area contributed by atoms with Gasteiger partial charge in [-0.3, -0.25) is 0 Å². The fourth-order valence-corrected chi connectivity index (χ4v) is 4.95. The summed E-state index contributed by atoms with van der Waals surface area (Å²) < 4.78 is 0.407. The van der Waals surface area contributed by atoms with E-state index in [1.54, 1.807) is 0 Å². The SMILES string of the molecule is [Li][CH](C[C]([Li])(c1ccccc1)c1ccccc1)C(c1ccccc1)c1ccccc1. The van der Waals surface area contributed by atoms with E-state index in [1.807, 2.05) is 0 Å². The zero-order chi connectivity index (χ0) is 20.8. The molecule has 0 aliphatic rings. The molecule has 4 rings (SSSR count). The van der Waals surface area contributed by atoms with E-state index in [0.717, 1.165) is 6.42 Å². The zero-order valence-electron chi connectivity index (χ0n) is 17.9. The predicted octanol–water partition coefficient (Wildman–Crippen LogP) is 6.28. The van der Waals surface area contributed by atoms with E-state index in [4.69, 9.17) is 0 Å². The first-order valence-electron chi connectivity index (χ1n) is 10.9. The first-order chi connectivity index (χ1) is 14.7. The predicted molar refractivity (Wildman–Crippen MR) is 128 cm³/mol. The molecule has 0 saturated heterocycles. The Labute approximate surface area is 199 Å². The van der Waals surface area contributed by atoms with Gasteiger partial charge < -0.3 is 0 Å². The molecule has 2 heteroatoms. The summed E-state index contributed by atoms with van der Waals surface area (Å²) >= 11 is 4.82. The van der Waals surface area contributed by atoms with Gasteiger partial charge in [0, 0.05) is 0 Å². The van der Waals surface area contributed by atoms with Crippen molar-refractivity contribution in [3.8, 4) is 0 Å². The Balaban J connectivity index is 1.76. The number of rotatable bonds is 7. The Morgan fingerprint density at radius 1 is 0.533 bits per heavy atom. The van der Waals surface area contributed by atoms with Crippen LogP contribution in [0, 0.1) is 0 Å². The topological polar surface area (TPSA) is 0 Å². The van der Waals surface area contributed by atoms with Gasteiger partial charge in [0.2, 0.25) is 0 Å². The van der Waals surface area contributed by atoms with Gasteiger partial charge in [-0.1, -0.05) is 0 Å². The second-order valence-corrected chi connectivity index (χ2v) is 8.54. The van der Waals surface area contributed by atoms with Gasteiger partial charge in [-0.25, -0.2) is 0 Å². The van der Waals surface area contributed by atoms with Gasteiger partial charge in [0.15, 0.2) is 0 Å². The summed E-state index contributed by atoms with van der Waals surface area (Å²) in [6.45, 7) is 0. The van der Waals surface area contributed by atoms with Crippen LogP contribution in [0.15, 0.2) is 121 Å². The summed E-state index contributed by atoms with van der Waals surface area (Å²) in [5.41, 5.74) is 5.53. The van der Waals surface area contributed by atoms with Crippen molar-refractivity contribution >= 4 is 35.4 Å². The zero-order valence-corrected chi connectivity index (χ0v) is 17.9. The van der Waals surface area contributed by atoms with Crippen LogP contribution in [0.1, 0.15) is 34.6 Å². The first kappa shape index (κ1) is 21.3. The van der Waals surface area contributed by atoms with Crippen molar-refractivity contribution in [2.45, 2.75) is 21.0 Å². The van der Waals surface area contributed by atoms with Crippen LogP contribution in [0.2, 0.25) is 4.59 Å². The van der Waals surface area contributed by atoms with Crippen molar-refractivity contribution in [1.82, 2.24) is 0 Å². The van der Waals surface area contributed by atoms with Crippen LogP contribution in [-0.4, -0.2) is 35.4 Å². The van der Waals surface area contributed by atoms with Gasteiger partial charge in [-0.2, -0.15) is 0 Å². The molecule has 0 saturated carbocycles. The van der Waals surface area contributed by atoms with Crippen LogP contribution < -0.4 is 0 Å². The van der Waals surface area contributed by atoms with Crippen molar-refractivity contribution in [1.29, 1.82) is 0 Å². The van der Waals surface area contributed by atoms with Gasteiger partial charge in [0.1, 0.15) is 0 Å². The summed E-state index contributed by atoms with van der Waals surface area (Å²) in [6, 6.07) is 43.9.